The Kier molecular flexibility index (Phi) is 4.17. The molecular weight excluding hydrogens is 374 g/mol. The number of aromatic nitrogens is 3. The van der Waals surface area contributed by atoms with Gasteiger partial charge >= 0.3 is 0 Å². The molecular formula is C25H21N3O2. The summed E-state index contributed by atoms with van der Waals surface area (Å²) < 4.78 is 9.92. The number of fused-ring (bicyclic) bond motifs is 1. The van der Waals surface area contributed by atoms with Gasteiger partial charge in [-0.25, -0.2) is 4.68 Å². The second-order valence-electron chi connectivity index (χ2n) is 7.48. The number of ketones is 1. The summed E-state index contributed by atoms with van der Waals surface area (Å²) in [5.41, 5.74) is 5.88. The van der Waals surface area contributed by atoms with Crippen LogP contribution in [0.25, 0.3) is 27.8 Å². The number of rotatable bonds is 4. The summed E-state index contributed by atoms with van der Waals surface area (Å²) in [4.78, 5) is 13.5. The highest BCUT2D eigenvalue weighted by molar-refractivity contribution is 6.16. The fraction of sp³-hybridized carbons (Fsp3) is 0.120. The number of nitrogens with zero attached hydrogens (tertiary/aromatic N) is 3. The molecule has 3 aromatic heterocycles. The Labute approximate surface area is 174 Å². The van der Waals surface area contributed by atoms with Crippen LogP contribution in [0.4, 0.5) is 0 Å². The summed E-state index contributed by atoms with van der Waals surface area (Å²) in [5, 5.41) is 5.42. The molecule has 0 spiro atoms. The smallest absolute Gasteiger partial charge is 0.230 e. The summed E-state index contributed by atoms with van der Waals surface area (Å²) in [6, 6.07) is 19.6. The number of carbonyl (C=O) groups excluding carboxylic acids is 1. The van der Waals surface area contributed by atoms with E-state index < -0.39 is 0 Å². The van der Waals surface area contributed by atoms with Gasteiger partial charge in [-0.1, -0.05) is 36.4 Å². The number of furan rings is 1. The first-order chi connectivity index (χ1) is 14.5. The Bertz CT molecular complexity index is 1390. The number of carbonyl (C=O) groups is 1. The van der Waals surface area contributed by atoms with E-state index in [1.54, 1.807) is 6.20 Å². The molecule has 0 saturated heterocycles. The zero-order chi connectivity index (χ0) is 20.8. The van der Waals surface area contributed by atoms with Gasteiger partial charge in [0.2, 0.25) is 5.78 Å². The van der Waals surface area contributed by atoms with Crippen molar-refractivity contribution < 1.29 is 9.21 Å². The van der Waals surface area contributed by atoms with Gasteiger partial charge in [0.05, 0.1) is 11.9 Å². The third kappa shape index (κ3) is 2.78. The van der Waals surface area contributed by atoms with Gasteiger partial charge in [0, 0.05) is 46.7 Å². The van der Waals surface area contributed by atoms with Crippen LogP contribution < -0.4 is 0 Å². The first-order valence-electron chi connectivity index (χ1n) is 9.84. The van der Waals surface area contributed by atoms with Crippen LogP contribution in [0.2, 0.25) is 0 Å². The molecule has 0 aliphatic rings. The molecule has 0 aliphatic heterocycles. The van der Waals surface area contributed by atoms with Crippen LogP contribution in [0.5, 0.6) is 0 Å². The molecule has 0 unspecified atom stereocenters. The summed E-state index contributed by atoms with van der Waals surface area (Å²) in [7, 11) is 1.96. The van der Waals surface area contributed by atoms with Gasteiger partial charge in [0.1, 0.15) is 5.58 Å². The molecule has 5 rings (SSSR count). The molecule has 0 saturated carbocycles. The highest BCUT2D eigenvalue weighted by Crippen LogP contribution is 2.36. The SMILES string of the molecule is Cc1cc(C(=O)c2oc3ccccc3c2-c2cnn(-c3ccccc3)c2)c(C)n1C. The predicted octanol–water partition coefficient (Wildman–Crippen LogP) is 5.47. The molecule has 3 heterocycles. The van der Waals surface area contributed by atoms with Gasteiger partial charge in [-0.3, -0.25) is 4.79 Å². The Morgan fingerprint density at radius 2 is 1.73 bits per heavy atom. The zero-order valence-corrected chi connectivity index (χ0v) is 17.1. The maximum absolute atomic E-state index is 13.5. The van der Waals surface area contributed by atoms with Crippen LogP contribution in [0, 0.1) is 13.8 Å². The van der Waals surface area contributed by atoms with E-state index >= 15 is 0 Å². The third-order valence-corrected chi connectivity index (χ3v) is 5.71. The van der Waals surface area contributed by atoms with Crippen molar-refractivity contribution in [3.8, 4) is 16.8 Å². The average Bonchev–Trinajstić information content (AvgIpc) is 3.46. The van der Waals surface area contributed by atoms with Crippen LogP contribution >= 0.6 is 0 Å². The third-order valence-electron chi connectivity index (χ3n) is 5.71. The largest absolute Gasteiger partial charge is 0.452 e. The lowest BCUT2D eigenvalue weighted by Crippen LogP contribution is -2.03. The molecule has 5 aromatic rings. The quantitative estimate of drug-likeness (QED) is 0.379. The van der Waals surface area contributed by atoms with Crippen LogP contribution in [0.15, 0.2) is 77.5 Å². The minimum absolute atomic E-state index is 0.116. The van der Waals surface area contributed by atoms with Crippen LogP contribution in [-0.2, 0) is 7.05 Å². The van der Waals surface area contributed by atoms with Gasteiger partial charge in [-0.05, 0) is 38.1 Å². The summed E-state index contributed by atoms with van der Waals surface area (Å²) in [6.45, 7) is 3.95. The van der Waals surface area contributed by atoms with Crippen molar-refractivity contribution in [1.29, 1.82) is 0 Å². The van der Waals surface area contributed by atoms with Crippen molar-refractivity contribution >= 4 is 16.8 Å². The standard InChI is InChI=1S/C25H21N3O2/c1-16-13-21(17(2)27(16)3)24(29)25-23(20-11-7-8-12-22(20)30-25)18-14-26-28(15-18)19-9-5-4-6-10-19/h4-15H,1-3H3. The van der Waals surface area contributed by atoms with Crippen molar-refractivity contribution in [2.45, 2.75) is 13.8 Å². The van der Waals surface area contributed by atoms with E-state index in [4.69, 9.17) is 4.42 Å². The molecule has 0 N–H and O–H groups in total. The summed E-state index contributed by atoms with van der Waals surface area (Å²) in [6.07, 6.45) is 3.72. The lowest BCUT2D eigenvalue weighted by atomic mass is 10.00. The molecule has 5 heteroatoms. The summed E-state index contributed by atoms with van der Waals surface area (Å²) in [5.74, 6) is 0.229. The molecule has 0 amide bonds. The van der Waals surface area contributed by atoms with Crippen LogP contribution in [0.1, 0.15) is 27.5 Å². The molecule has 0 radical (unpaired) electrons. The van der Waals surface area contributed by atoms with Gasteiger partial charge in [-0.15, -0.1) is 0 Å². The topological polar surface area (TPSA) is 53.0 Å². The Hall–Kier alpha value is -3.86. The van der Waals surface area contributed by atoms with Crippen LogP contribution in [-0.4, -0.2) is 20.1 Å². The van der Waals surface area contributed by atoms with Crippen molar-refractivity contribution in [2.24, 2.45) is 7.05 Å². The number of benzene rings is 2. The number of aryl methyl sites for hydroxylation is 1. The minimum Gasteiger partial charge on any atom is -0.452 e. The fourth-order valence-electron chi connectivity index (χ4n) is 3.87. The van der Waals surface area contributed by atoms with Gasteiger partial charge in [0.15, 0.2) is 5.76 Å². The van der Waals surface area contributed by atoms with E-state index in [1.807, 2.05) is 97.0 Å². The molecule has 0 atom stereocenters. The number of para-hydroxylation sites is 2. The van der Waals surface area contributed by atoms with Crippen LogP contribution in [0.3, 0.4) is 0 Å². The Morgan fingerprint density at radius 1 is 1.00 bits per heavy atom. The first kappa shape index (κ1) is 18.2. The molecule has 2 aromatic carbocycles. The average molecular weight is 395 g/mol. The zero-order valence-electron chi connectivity index (χ0n) is 17.1. The van der Waals surface area contributed by atoms with E-state index in [2.05, 4.69) is 5.10 Å². The van der Waals surface area contributed by atoms with Gasteiger partial charge < -0.3 is 8.98 Å². The van der Waals surface area contributed by atoms with Crippen molar-refractivity contribution in [3.05, 3.63) is 95.8 Å². The molecule has 0 fully saturated rings. The molecule has 0 aliphatic carbocycles. The fourth-order valence-corrected chi connectivity index (χ4v) is 3.87. The lowest BCUT2D eigenvalue weighted by Gasteiger charge is -2.03. The van der Waals surface area contributed by atoms with Gasteiger partial charge in [0.25, 0.3) is 0 Å². The lowest BCUT2D eigenvalue weighted by molar-refractivity contribution is 0.101. The van der Waals surface area contributed by atoms with Gasteiger partial charge in [-0.2, -0.15) is 5.10 Å². The normalized spacial score (nSPS) is 11.3. The van der Waals surface area contributed by atoms with E-state index in [-0.39, 0.29) is 5.78 Å². The predicted molar refractivity (Wildman–Crippen MR) is 117 cm³/mol. The summed E-state index contributed by atoms with van der Waals surface area (Å²) >= 11 is 0. The van der Waals surface area contributed by atoms with E-state index in [0.29, 0.717) is 16.9 Å². The second kappa shape index (κ2) is 6.88. The first-order valence-corrected chi connectivity index (χ1v) is 9.84. The van der Waals surface area contributed by atoms with Crippen molar-refractivity contribution in [2.75, 3.05) is 0 Å². The van der Waals surface area contributed by atoms with E-state index in [9.17, 15) is 4.79 Å². The second-order valence-corrected chi connectivity index (χ2v) is 7.48. The molecule has 30 heavy (non-hydrogen) atoms. The van der Waals surface area contributed by atoms with Crippen molar-refractivity contribution in [1.82, 2.24) is 14.3 Å². The molecule has 148 valence electrons. The van der Waals surface area contributed by atoms with E-state index in [0.717, 1.165) is 33.6 Å². The highest BCUT2D eigenvalue weighted by atomic mass is 16.3. The number of hydrogen-bond acceptors (Lipinski definition) is 3. The van der Waals surface area contributed by atoms with Crippen molar-refractivity contribution in [3.63, 3.8) is 0 Å². The Morgan fingerprint density at radius 3 is 2.47 bits per heavy atom. The maximum atomic E-state index is 13.5. The van der Waals surface area contributed by atoms with E-state index in [1.165, 1.54) is 0 Å². The Balaban J connectivity index is 1.70. The highest BCUT2D eigenvalue weighted by Gasteiger charge is 2.26. The molecule has 5 nitrogen and oxygen atoms in total. The monoisotopic (exact) mass is 395 g/mol. The minimum atomic E-state index is -0.116. The molecule has 0 bridgehead atoms. The maximum Gasteiger partial charge on any atom is 0.230 e. The number of hydrogen-bond donors (Lipinski definition) is 0.